The number of benzene rings is 1. The molecule has 5 heteroatoms. The van der Waals surface area contributed by atoms with E-state index in [0.29, 0.717) is 5.56 Å². The number of primary amides is 1. The fourth-order valence-corrected chi connectivity index (χ4v) is 1.28. The van der Waals surface area contributed by atoms with Crippen molar-refractivity contribution in [2.45, 2.75) is 13.3 Å². The second-order valence-corrected chi connectivity index (χ2v) is 3.20. The van der Waals surface area contributed by atoms with Crippen molar-refractivity contribution >= 4 is 11.8 Å². The van der Waals surface area contributed by atoms with Crippen LogP contribution in [0.3, 0.4) is 0 Å². The molecule has 1 rings (SSSR count). The lowest BCUT2D eigenvalue weighted by Gasteiger charge is -2.07. The van der Waals surface area contributed by atoms with E-state index in [2.05, 4.69) is 10.3 Å². The molecular formula is C11H14N2O3. The van der Waals surface area contributed by atoms with E-state index in [0.717, 1.165) is 12.0 Å². The van der Waals surface area contributed by atoms with Crippen molar-refractivity contribution in [3.8, 4) is 0 Å². The van der Waals surface area contributed by atoms with Gasteiger partial charge in [0.1, 0.15) is 0 Å². The summed E-state index contributed by atoms with van der Waals surface area (Å²) in [6.07, 6.45) is 0.749. The number of hydrogen-bond donors (Lipinski definition) is 2. The topological polar surface area (TPSA) is 81.4 Å². The molecular weight excluding hydrogens is 208 g/mol. The fraction of sp³-hybridized carbons (Fsp3) is 0.273. The molecule has 0 aliphatic heterocycles. The SMILES string of the molecule is CCc1ccccc1C(=O)NOCC(N)=O. The normalized spacial score (nSPS) is 9.81. The average Bonchev–Trinajstić information content (AvgIpc) is 2.28. The van der Waals surface area contributed by atoms with Gasteiger partial charge >= 0.3 is 0 Å². The molecule has 3 N–H and O–H groups in total. The number of nitrogens with one attached hydrogen (secondary N) is 1. The number of hydrogen-bond acceptors (Lipinski definition) is 3. The van der Waals surface area contributed by atoms with Gasteiger partial charge in [-0.05, 0) is 18.1 Å². The van der Waals surface area contributed by atoms with Crippen molar-refractivity contribution < 1.29 is 14.4 Å². The van der Waals surface area contributed by atoms with Crippen molar-refractivity contribution in [3.63, 3.8) is 0 Å². The molecule has 2 amide bonds. The van der Waals surface area contributed by atoms with Crippen LogP contribution < -0.4 is 11.2 Å². The summed E-state index contributed by atoms with van der Waals surface area (Å²) in [7, 11) is 0. The summed E-state index contributed by atoms with van der Waals surface area (Å²) in [6.45, 7) is 1.62. The third kappa shape index (κ3) is 3.36. The van der Waals surface area contributed by atoms with Crippen LogP contribution in [0.5, 0.6) is 0 Å². The van der Waals surface area contributed by atoms with Crippen LogP contribution in [0.4, 0.5) is 0 Å². The number of hydroxylamine groups is 1. The van der Waals surface area contributed by atoms with Crippen molar-refractivity contribution in [2.75, 3.05) is 6.61 Å². The molecule has 0 aliphatic carbocycles. The minimum absolute atomic E-state index is 0.333. The van der Waals surface area contributed by atoms with E-state index in [1.165, 1.54) is 0 Å². The Bertz CT molecular complexity index is 391. The van der Waals surface area contributed by atoms with Crippen LogP contribution in [0.1, 0.15) is 22.8 Å². The summed E-state index contributed by atoms with van der Waals surface area (Å²) < 4.78 is 0. The van der Waals surface area contributed by atoms with Crippen LogP contribution >= 0.6 is 0 Å². The Morgan fingerprint density at radius 2 is 2.06 bits per heavy atom. The maximum absolute atomic E-state index is 11.6. The lowest BCUT2D eigenvalue weighted by atomic mass is 10.1. The quantitative estimate of drug-likeness (QED) is 0.707. The first-order valence-electron chi connectivity index (χ1n) is 4.93. The van der Waals surface area contributed by atoms with Gasteiger partial charge in [0, 0.05) is 5.56 Å². The molecule has 1 aromatic rings. The van der Waals surface area contributed by atoms with Crippen LogP contribution in [0.2, 0.25) is 0 Å². The first kappa shape index (κ1) is 12.2. The number of nitrogens with two attached hydrogens (primary N) is 1. The molecule has 16 heavy (non-hydrogen) atoms. The van der Waals surface area contributed by atoms with Crippen molar-refractivity contribution in [2.24, 2.45) is 5.73 Å². The highest BCUT2D eigenvalue weighted by Gasteiger charge is 2.09. The second-order valence-electron chi connectivity index (χ2n) is 3.20. The van der Waals surface area contributed by atoms with Gasteiger partial charge in [-0.1, -0.05) is 25.1 Å². The number of rotatable bonds is 5. The van der Waals surface area contributed by atoms with Crippen LogP contribution in [0.25, 0.3) is 0 Å². The summed E-state index contributed by atoms with van der Waals surface area (Å²) in [4.78, 5) is 26.6. The molecule has 0 bridgehead atoms. The first-order chi connectivity index (χ1) is 7.65. The van der Waals surface area contributed by atoms with E-state index in [1.54, 1.807) is 12.1 Å². The maximum atomic E-state index is 11.6. The van der Waals surface area contributed by atoms with Crippen LogP contribution in [0, 0.1) is 0 Å². The maximum Gasteiger partial charge on any atom is 0.275 e. The van der Waals surface area contributed by atoms with Crippen molar-refractivity contribution in [1.29, 1.82) is 0 Å². The average molecular weight is 222 g/mol. The summed E-state index contributed by atoms with van der Waals surface area (Å²) in [5, 5.41) is 0. The zero-order chi connectivity index (χ0) is 12.0. The van der Waals surface area contributed by atoms with E-state index in [-0.39, 0.29) is 12.5 Å². The van der Waals surface area contributed by atoms with Gasteiger partial charge in [-0.25, -0.2) is 5.48 Å². The highest BCUT2D eigenvalue weighted by atomic mass is 16.7. The first-order valence-corrected chi connectivity index (χ1v) is 4.93. The Morgan fingerprint density at radius 3 is 2.69 bits per heavy atom. The monoisotopic (exact) mass is 222 g/mol. The predicted molar refractivity (Wildman–Crippen MR) is 58.4 cm³/mol. The lowest BCUT2D eigenvalue weighted by Crippen LogP contribution is -2.29. The van der Waals surface area contributed by atoms with Gasteiger partial charge in [0.25, 0.3) is 5.91 Å². The predicted octanol–water partition coefficient (Wildman–Crippen LogP) is 0.396. The highest BCUT2D eigenvalue weighted by Crippen LogP contribution is 2.08. The van der Waals surface area contributed by atoms with Gasteiger partial charge in [-0.3, -0.25) is 14.4 Å². The molecule has 0 spiro atoms. The Kier molecular flexibility index (Phi) is 4.47. The van der Waals surface area contributed by atoms with E-state index in [1.807, 2.05) is 19.1 Å². The number of carbonyl (C=O) groups is 2. The second kappa shape index (κ2) is 5.87. The smallest absolute Gasteiger partial charge is 0.275 e. The molecule has 5 nitrogen and oxygen atoms in total. The van der Waals surface area contributed by atoms with Gasteiger partial charge < -0.3 is 5.73 Å². The molecule has 0 saturated heterocycles. The zero-order valence-electron chi connectivity index (χ0n) is 9.03. The summed E-state index contributed by atoms with van der Waals surface area (Å²) >= 11 is 0. The summed E-state index contributed by atoms with van der Waals surface area (Å²) in [6, 6.07) is 7.19. The third-order valence-electron chi connectivity index (χ3n) is 2.02. The third-order valence-corrected chi connectivity index (χ3v) is 2.02. The highest BCUT2D eigenvalue weighted by molar-refractivity contribution is 5.95. The Labute approximate surface area is 93.5 Å². The number of carbonyl (C=O) groups excluding carboxylic acids is 2. The summed E-state index contributed by atoms with van der Waals surface area (Å²) in [5.74, 6) is -1.01. The van der Waals surface area contributed by atoms with E-state index >= 15 is 0 Å². The lowest BCUT2D eigenvalue weighted by molar-refractivity contribution is -0.124. The molecule has 0 saturated carbocycles. The van der Waals surface area contributed by atoms with Crippen LogP contribution in [-0.4, -0.2) is 18.4 Å². The summed E-state index contributed by atoms with van der Waals surface area (Å²) in [5.41, 5.74) is 8.48. The minimum atomic E-state index is -0.635. The van der Waals surface area contributed by atoms with Crippen molar-refractivity contribution in [1.82, 2.24) is 5.48 Å². The standard InChI is InChI=1S/C11H14N2O3/c1-2-8-5-3-4-6-9(8)11(15)13-16-7-10(12)14/h3-6H,2,7H2,1H3,(H2,12,14)(H,13,15). The Hall–Kier alpha value is -1.88. The van der Waals surface area contributed by atoms with Gasteiger partial charge in [0.15, 0.2) is 6.61 Å². The molecule has 0 atom stereocenters. The van der Waals surface area contributed by atoms with E-state index in [9.17, 15) is 9.59 Å². The molecule has 0 heterocycles. The molecule has 0 radical (unpaired) electrons. The molecule has 0 fully saturated rings. The number of amides is 2. The van der Waals surface area contributed by atoms with Gasteiger partial charge in [0.05, 0.1) is 0 Å². The molecule has 0 unspecified atom stereocenters. The Balaban J connectivity index is 2.62. The molecule has 0 aromatic heterocycles. The van der Waals surface area contributed by atoms with Gasteiger partial charge in [-0.2, -0.15) is 0 Å². The van der Waals surface area contributed by atoms with Crippen molar-refractivity contribution in [3.05, 3.63) is 35.4 Å². The van der Waals surface area contributed by atoms with Crippen LogP contribution in [-0.2, 0) is 16.1 Å². The minimum Gasteiger partial charge on any atom is -0.368 e. The van der Waals surface area contributed by atoms with Crippen LogP contribution in [0.15, 0.2) is 24.3 Å². The fourth-order valence-electron chi connectivity index (χ4n) is 1.28. The number of aryl methyl sites for hydroxylation is 1. The molecule has 1 aromatic carbocycles. The Morgan fingerprint density at radius 1 is 1.38 bits per heavy atom. The van der Waals surface area contributed by atoms with E-state index < -0.39 is 5.91 Å². The largest absolute Gasteiger partial charge is 0.368 e. The molecule has 0 aliphatic rings. The zero-order valence-corrected chi connectivity index (χ0v) is 9.03. The van der Waals surface area contributed by atoms with Gasteiger partial charge in [0.2, 0.25) is 5.91 Å². The molecule has 86 valence electrons. The van der Waals surface area contributed by atoms with E-state index in [4.69, 9.17) is 5.73 Å². The van der Waals surface area contributed by atoms with Gasteiger partial charge in [-0.15, -0.1) is 0 Å².